The predicted molar refractivity (Wildman–Crippen MR) is 94.5 cm³/mol. The summed E-state index contributed by atoms with van der Waals surface area (Å²) >= 11 is 0. The molecule has 7 nitrogen and oxygen atoms in total. The SMILES string of the molecule is C=C(C)C(=O)N(C)CC(CC)(CN(C)C(=O)C(=C)C)CP(=O)(O)O. The maximum Gasteiger partial charge on any atom is 0.326 e. The fourth-order valence-electron chi connectivity index (χ4n) is 2.72. The number of amides is 2. The van der Waals surface area contributed by atoms with Crippen LogP contribution in [0.4, 0.5) is 0 Å². The molecule has 0 aliphatic rings. The average Bonchev–Trinajstić information content (AvgIpc) is 2.42. The third-order valence-corrected chi connectivity index (χ3v) is 4.94. The van der Waals surface area contributed by atoms with Crippen molar-refractivity contribution in [1.29, 1.82) is 0 Å². The van der Waals surface area contributed by atoms with Gasteiger partial charge >= 0.3 is 7.60 Å². The molecule has 0 aromatic carbocycles. The highest BCUT2D eigenvalue weighted by Crippen LogP contribution is 2.44. The van der Waals surface area contributed by atoms with Crippen LogP contribution in [0.5, 0.6) is 0 Å². The maximum atomic E-state index is 12.1. The monoisotopic (exact) mass is 360 g/mol. The van der Waals surface area contributed by atoms with Gasteiger partial charge in [0.15, 0.2) is 0 Å². The van der Waals surface area contributed by atoms with Gasteiger partial charge in [0.25, 0.3) is 0 Å². The molecule has 0 radical (unpaired) electrons. The van der Waals surface area contributed by atoms with E-state index in [1.807, 2.05) is 0 Å². The van der Waals surface area contributed by atoms with E-state index >= 15 is 0 Å². The first-order valence-electron chi connectivity index (χ1n) is 7.61. The van der Waals surface area contributed by atoms with Crippen molar-refractivity contribution in [3.8, 4) is 0 Å². The van der Waals surface area contributed by atoms with Gasteiger partial charge < -0.3 is 19.6 Å². The summed E-state index contributed by atoms with van der Waals surface area (Å²) in [5, 5.41) is 0. The lowest BCUT2D eigenvalue weighted by molar-refractivity contribution is -0.129. The third kappa shape index (κ3) is 6.99. The Morgan fingerprint density at radius 2 is 1.33 bits per heavy atom. The minimum Gasteiger partial charge on any atom is -0.341 e. The largest absolute Gasteiger partial charge is 0.341 e. The molecule has 0 aromatic rings. The van der Waals surface area contributed by atoms with Gasteiger partial charge in [0.2, 0.25) is 11.8 Å². The van der Waals surface area contributed by atoms with Gasteiger partial charge in [-0.2, -0.15) is 0 Å². The lowest BCUT2D eigenvalue weighted by Crippen LogP contribution is -2.48. The second-order valence-electron chi connectivity index (χ2n) is 6.56. The van der Waals surface area contributed by atoms with E-state index in [-0.39, 0.29) is 24.9 Å². The molecule has 0 aliphatic carbocycles. The summed E-state index contributed by atoms with van der Waals surface area (Å²) in [4.78, 5) is 45.9. The Bertz CT molecular complexity index is 533. The molecule has 0 aliphatic heterocycles. The molecule has 0 atom stereocenters. The van der Waals surface area contributed by atoms with Crippen LogP contribution in [0.3, 0.4) is 0 Å². The van der Waals surface area contributed by atoms with Crippen molar-refractivity contribution in [1.82, 2.24) is 9.80 Å². The van der Waals surface area contributed by atoms with E-state index in [2.05, 4.69) is 13.2 Å². The first-order valence-corrected chi connectivity index (χ1v) is 9.41. The predicted octanol–water partition coefficient (Wildman–Crippen LogP) is 1.63. The molecule has 0 aromatic heterocycles. The van der Waals surface area contributed by atoms with Crippen LogP contribution in [-0.2, 0) is 14.2 Å². The fourth-order valence-corrected chi connectivity index (χ4v) is 4.02. The average molecular weight is 360 g/mol. The normalized spacial score (nSPS) is 11.8. The van der Waals surface area contributed by atoms with E-state index in [4.69, 9.17) is 0 Å². The van der Waals surface area contributed by atoms with E-state index in [0.29, 0.717) is 17.6 Å². The fraction of sp³-hybridized carbons (Fsp3) is 0.625. The van der Waals surface area contributed by atoms with Gasteiger partial charge in [-0.05, 0) is 20.3 Å². The van der Waals surface area contributed by atoms with Crippen molar-refractivity contribution in [2.24, 2.45) is 5.41 Å². The van der Waals surface area contributed by atoms with Gasteiger partial charge in [0.1, 0.15) is 0 Å². The van der Waals surface area contributed by atoms with Crippen molar-refractivity contribution >= 4 is 19.4 Å². The highest BCUT2D eigenvalue weighted by molar-refractivity contribution is 7.51. The van der Waals surface area contributed by atoms with Crippen molar-refractivity contribution in [2.45, 2.75) is 27.2 Å². The number of rotatable bonds is 9. The van der Waals surface area contributed by atoms with Crippen LogP contribution in [0.15, 0.2) is 24.3 Å². The third-order valence-electron chi connectivity index (χ3n) is 3.86. The van der Waals surface area contributed by atoms with Crippen LogP contribution in [0.2, 0.25) is 0 Å². The Morgan fingerprint density at radius 3 is 1.54 bits per heavy atom. The summed E-state index contributed by atoms with van der Waals surface area (Å²) in [6, 6.07) is 0. The number of nitrogens with zero attached hydrogens (tertiary/aromatic N) is 2. The van der Waals surface area contributed by atoms with Gasteiger partial charge in [-0.1, -0.05) is 20.1 Å². The number of carbonyl (C=O) groups is 2. The summed E-state index contributed by atoms with van der Waals surface area (Å²) in [6.45, 7) is 12.3. The molecule has 0 heterocycles. The smallest absolute Gasteiger partial charge is 0.326 e. The highest BCUT2D eigenvalue weighted by Gasteiger charge is 2.39. The molecule has 0 fully saturated rings. The molecular formula is C16H29N2O5P. The van der Waals surface area contributed by atoms with E-state index in [1.165, 1.54) is 9.80 Å². The zero-order chi connectivity index (χ0) is 19.3. The molecule has 0 saturated carbocycles. The minimum atomic E-state index is -4.34. The summed E-state index contributed by atoms with van der Waals surface area (Å²) in [5.74, 6) is -0.597. The minimum absolute atomic E-state index is 0.105. The summed E-state index contributed by atoms with van der Waals surface area (Å²) < 4.78 is 11.6. The number of hydrogen-bond donors (Lipinski definition) is 2. The summed E-state index contributed by atoms with van der Waals surface area (Å²) in [5.41, 5.74) is -0.256. The van der Waals surface area contributed by atoms with Crippen LogP contribution in [0.25, 0.3) is 0 Å². The molecule has 0 saturated heterocycles. The quantitative estimate of drug-likeness (QED) is 0.481. The van der Waals surface area contributed by atoms with Crippen LogP contribution >= 0.6 is 7.60 Å². The Morgan fingerprint density at radius 1 is 1.00 bits per heavy atom. The van der Waals surface area contributed by atoms with Crippen LogP contribution in [0.1, 0.15) is 27.2 Å². The van der Waals surface area contributed by atoms with Gasteiger partial charge in [-0.15, -0.1) is 0 Å². The molecule has 0 unspecified atom stereocenters. The van der Waals surface area contributed by atoms with Crippen LogP contribution < -0.4 is 0 Å². The second kappa shape index (κ2) is 8.60. The lowest BCUT2D eigenvalue weighted by atomic mass is 9.85. The van der Waals surface area contributed by atoms with Crippen molar-refractivity contribution in [2.75, 3.05) is 33.3 Å². The Hall–Kier alpha value is -1.43. The standard InChI is InChI=1S/C16H29N2O5P/c1-8-16(11-24(21,22)23,9-17(6)14(19)12(2)3)10-18(7)15(20)13(4)5/h2,4,8-11H2,1,3,5-7H3,(H2,21,22,23). The van der Waals surface area contributed by atoms with Crippen LogP contribution in [-0.4, -0.2) is 64.7 Å². The molecular weight excluding hydrogens is 331 g/mol. The maximum absolute atomic E-state index is 12.1. The second-order valence-corrected chi connectivity index (χ2v) is 8.21. The first-order chi connectivity index (χ1) is 10.7. The van der Waals surface area contributed by atoms with E-state index in [0.717, 1.165) is 0 Å². The number of hydrogen-bond acceptors (Lipinski definition) is 3. The highest BCUT2D eigenvalue weighted by atomic mass is 31.2. The topological polar surface area (TPSA) is 98.2 Å². The number of likely N-dealkylation sites (N-methyl/N-ethyl adjacent to an activating group) is 2. The van der Waals surface area contributed by atoms with E-state index in [1.54, 1.807) is 34.9 Å². The van der Waals surface area contributed by atoms with Crippen molar-refractivity contribution in [3.05, 3.63) is 24.3 Å². The van der Waals surface area contributed by atoms with Gasteiger partial charge in [-0.25, -0.2) is 0 Å². The molecule has 24 heavy (non-hydrogen) atoms. The molecule has 2 N–H and O–H groups in total. The molecule has 0 spiro atoms. The van der Waals surface area contributed by atoms with Crippen molar-refractivity contribution in [3.63, 3.8) is 0 Å². The molecule has 0 bridgehead atoms. The first kappa shape index (κ1) is 22.6. The van der Waals surface area contributed by atoms with E-state index < -0.39 is 19.2 Å². The van der Waals surface area contributed by atoms with Gasteiger partial charge in [-0.3, -0.25) is 14.2 Å². The lowest BCUT2D eigenvalue weighted by Gasteiger charge is -2.39. The van der Waals surface area contributed by atoms with Gasteiger partial charge in [0, 0.05) is 43.7 Å². The Labute approximate surface area is 144 Å². The molecule has 8 heteroatoms. The zero-order valence-corrected chi connectivity index (χ0v) is 16.1. The van der Waals surface area contributed by atoms with E-state index in [9.17, 15) is 23.9 Å². The molecule has 0 rings (SSSR count). The zero-order valence-electron chi connectivity index (χ0n) is 15.2. The Kier molecular flexibility index (Phi) is 8.09. The van der Waals surface area contributed by atoms with Crippen LogP contribution in [0, 0.1) is 5.41 Å². The molecule has 2 amide bonds. The summed E-state index contributed by atoms with van der Waals surface area (Å²) in [6.07, 6.45) is -0.0299. The molecule has 138 valence electrons. The summed E-state index contributed by atoms with van der Waals surface area (Å²) in [7, 11) is -1.23. The Balaban J connectivity index is 5.61. The van der Waals surface area contributed by atoms with Crippen molar-refractivity contribution < 1.29 is 23.9 Å². The van der Waals surface area contributed by atoms with Gasteiger partial charge in [0.05, 0.1) is 6.16 Å². The number of carbonyl (C=O) groups excluding carboxylic acids is 2.